The Bertz CT molecular complexity index is 1400. The molecule has 0 saturated heterocycles. The number of aromatic carboxylic acids is 1. The maximum atomic E-state index is 12.9. The molecule has 34 heavy (non-hydrogen) atoms. The van der Waals surface area contributed by atoms with E-state index in [1.807, 2.05) is 24.3 Å². The number of halogens is 1. The van der Waals surface area contributed by atoms with Gasteiger partial charge in [-0.3, -0.25) is 0 Å². The normalized spacial score (nSPS) is 11.3. The van der Waals surface area contributed by atoms with Gasteiger partial charge in [0, 0.05) is 11.9 Å². The summed E-state index contributed by atoms with van der Waals surface area (Å²) in [6.07, 6.45) is 1.50. The molecule has 0 amide bonds. The summed E-state index contributed by atoms with van der Waals surface area (Å²) in [5.74, 6) is -0.893. The summed E-state index contributed by atoms with van der Waals surface area (Å²) in [7, 11) is -3.61. The van der Waals surface area contributed by atoms with E-state index < -0.39 is 16.2 Å². The molecule has 0 bridgehead atoms. The quantitative estimate of drug-likeness (QED) is 0.382. The molecule has 3 aromatic carbocycles. The Balaban J connectivity index is 0.000000197. The van der Waals surface area contributed by atoms with Crippen molar-refractivity contribution in [3.63, 3.8) is 0 Å². The largest absolute Gasteiger partial charge is 0.478 e. The number of carbonyl (C=O) groups is 1. The molecule has 0 aliphatic heterocycles. The minimum atomic E-state index is -3.61. The SMILES string of the molecule is CC(C)c1cccc(CNS(N)(=O)=O)c1.O=C(O)c1cccc2c1cnn2-c1ccc(F)cc1. The number of hydrogen-bond donors (Lipinski definition) is 3. The van der Waals surface area contributed by atoms with Crippen LogP contribution in [0.5, 0.6) is 0 Å². The predicted octanol–water partition coefficient (Wildman–Crippen LogP) is 3.97. The summed E-state index contributed by atoms with van der Waals surface area (Å²) < 4.78 is 38.1. The Morgan fingerprint density at radius 1 is 1.12 bits per heavy atom. The van der Waals surface area contributed by atoms with Gasteiger partial charge in [0.1, 0.15) is 5.82 Å². The molecule has 1 aromatic heterocycles. The number of fused-ring (bicyclic) bond motifs is 1. The molecule has 0 fully saturated rings. The highest BCUT2D eigenvalue weighted by atomic mass is 32.2. The van der Waals surface area contributed by atoms with Crippen LogP contribution >= 0.6 is 0 Å². The van der Waals surface area contributed by atoms with Gasteiger partial charge in [-0.25, -0.2) is 19.0 Å². The number of aromatic nitrogens is 2. The molecule has 4 rings (SSSR count). The predicted molar refractivity (Wildman–Crippen MR) is 128 cm³/mol. The first kappa shape index (κ1) is 25.0. The molecule has 178 valence electrons. The molecule has 0 saturated carbocycles. The van der Waals surface area contributed by atoms with Gasteiger partial charge >= 0.3 is 5.97 Å². The van der Waals surface area contributed by atoms with Crippen molar-refractivity contribution in [2.24, 2.45) is 5.14 Å². The van der Waals surface area contributed by atoms with Gasteiger partial charge in [-0.15, -0.1) is 0 Å². The molecule has 0 radical (unpaired) electrons. The third-order valence-corrected chi connectivity index (χ3v) is 5.56. The first-order chi connectivity index (χ1) is 16.0. The zero-order valence-electron chi connectivity index (χ0n) is 18.6. The highest BCUT2D eigenvalue weighted by Gasteiger charge is 2.12. The van der Waals surface area contributed by atoms with Crippen molar-refractivity contribution < 1.29 is 22.7 Å². The van der Waals surface area contributed by atoms with E-state index in [-0.39, 0.29) is 17.9 Å². The van der Waals surface area contributed by atoms with Crippen molar-refractivity contribution in [1.29, 1.82) is 0 Å². The Kier molecular flexibility index (Phi) is 7.77. The van der Waals surface area contributed by atoms with Crippen LogP contribution in [-0.2, 0) is 16.8 Å². The zero-order valence-corrected chi connectivity index (χ0v) is 19.5. The van der Waals surface area contributed by atoms with Crippen molar-refractivity contribution >= 4 is 27.1 Å². The summed E-state index contributed by atoms with van der Waals surface area (Å²) in [6, 6.07) is 18.6. The summed E-state index contributed by atoms with van der Waals surface area (Å²) in [5, 5.41) is 18.7. The second-order valence-electron chi connectivity index (χ2n) is 7.84. The lowest BCUT2D eigenvalue weighted by Crippen LogP contribution is -2.30. The number of hydrogen-bond acceptors (Lipinski definition) is 4. The standard InChI is InChI=1S/C14H9FN2O2.C10H16N2O2S/c15-9-4-6-10(7-5-9)17-13-3-1-2-11(14(18)19)12(13)8-16-17;1-8(2)10-5-3-4-9(6-10)7-12-15(11,13)14/h1-8H,(H,18,19);3-6,8,12H,7H2,1-2H3,(H2,11,13,14). The third-order valence-electron chi connectivity index (χ3n) is 5.01. The van der Waals surface area contributed by atoms with Crippen LogP contribution in [0.2, 0.25) is 0 Å². The van der Waals surface area contributed by atoms with Crippen LogP contribution in [0.25, 0.3) is 16.6 Å². The Morgan fingerprint density at radius 2 is 1.79 bits per heavy atom. The number of rotatable bonds is 6. The molecule has 4 N–H and O–H groups in total. The van der Waals surface area contributed by atoms with Crippen molar-refractivity contribution in [2.45, 2.75) is 26.3 Å². The zero-order chi connectivity index (χ0) is 24.9. The van der Waals surface area contributed by atoms with Gasteiger partial charge in [-0.2, -0.15) is 18.2 Å². The monoisotopic (exact) mass is 484 g/mol. The smallest absolute Gasteiger partial charge is 0.336 e. The fourth-order valence-electron chi connectivity index (χ4n) is 3.27. The van der Waals surface area contributed by atoms with E-state index in [0.717, 1.165) is 5.56 Å². The first-order valence-corrected chi connectivity index (χ1v) is 11.9. The average Bonchev–Trinajstić information content (AvgIpc) is 3.22. The summed E-state index contributed by atoms with van der Waals surface area (Å²) in [5.41, 5.74) is 3.65. The van der Waals surface area contributed by atoms with Crippen molar-refractivity contribution in [1.82, 2.24) is 14.5 Å². The van der Waals surface area contributed by atoms with Crippen LogP contribution < -0.4 is 9.86 Å². The Morgan fingerprint density at radius 3 is 2.41 bits per heavy atom. The number of carboxylic acids is 1. The van der Waals surface area contributed by atoms with Gasteiger partial charge in [0.25, 0.3) is 10.2 Å². The molecule has 1 heterocycles. The highest BCUT2D eigenvalue weighted by Crippen LogP contribution is 2.22. The van der Waals surface area contributed by atoms with Crippen LogP contribution in [0, 0.1) is 5.82 Å². The lowest BCUT2D eigenvalue weighted by Gasteiger charge is -2.08. The minimum absolute atomic E-state index is 0.200. The Hall–Kier alpha value is -3.60. The molecule has 4 aromatic rings. The number of nitrogens with zero attached hydrogens (tertiary/aromatic N) is 2. The van der Waals surface area contributed by atoms with Gasteiger partial charge < -0.3 is 5.11 Å². The molecule has 10 heteroatoms. The second-order valence-corrected chi connectivity index (χ2v) is 9.22. The van der Waals surface area contributed by atoms with Gasteiger partial charge in [-0.1, -0.05) is 44.2 Å². The van der Waals surface area contributed by atoms with E-state index in [1.165, 1.54) is 30.0 Å². The number of benzene rings is 3. The number of nitrogens with one attached hydrogen (secondary N) is 1. The van der Waals surface area contributed by atoms with Crippen LogP contribution in [0.4, 0.5) is 4.39 Å². The molecule has 0 aliphatic carbocycles. The minimum Gasteiger partial charge on any atom is -0.478 e. The van der Waals surface area contributed by atoms with E-state index in [2.05, 4.69) is 23.7 Å². The molecule has 0 atom stereocenters. The average molecular weight is 485 g/mol. The van der Waals surface area contributed by atoms with E-state index in [4.69, 9.17) is 10.2 Å². The van der Waals surface area contributed by atoms with Gasteiger partial charge in [0.2, 0.25) is 0 Å². The third kappa shape index (κ3) is 6.47. The number of nitrogens with two attached hydrogens (primary N) is 1. The molecule has 0 unspecified atom stereocenters. The summed E-state index contributed by atoms with van der Waals surface area (Å²) >= 11 is 0. The molecule has 0 aliphatic rings. The van der Waals surface area contributed by atoms with Crippen LogP contribution in [-0.4, -0.2) is 29.3 Å². The first-order valence-electron chi connectivity index (χ1n) is 10.4. The van der Waals surface area contributed by atoms with Crippen molar-refractivity contribution in [3.05, 3.63) is 95.4 Å². The van der Waals surface area contributed by atoms with E-state index in [0.29, 0.717) is 22.5 Å². The highest BCUT2D eigenvalue weighted by molar-refractivity contribution is 7.87. The van der Waals surface area contributed by atoms with E-state index >= 15 is 0 Å². The van der Waals surface area contributed by atoms with Crippen LogP contribution in [0.1, 0.15) is 41.3 Å². The van der Waals surface area contributed by atoms with Gasteiger partial charge in [-0.05, 0) is 53.4 Å². The fourth-order valence-corrected chi connectivity index (χ4v) is 3.64. The second kappa shape index (κ2) is 10.6. The molecule has 0 spiro atoms. The maximum Gasteiger partial charge on any atom is 0.336 e. The Labute approximate surface area is 197 Å². The summed E-state index contributed by atoms with van der Waals surface area (Å²) in [6.45, 7) is 4.41. The molecule has 8 nitrogen and oxygen atoms in total. The van der Waals surface area contributed by atoms with Crippen molar-refractivity contribution in [3.8, 4) is 5.69 Å². The topological polar surface area (TPSA) is 127 Å². The van der Waals surface area contributed by atoms with Gasteiger partial charge in [0.15, 0.2) is 0 Å². The van der Waals surface area contributed by atoms with E-state index in [9.17, 15) is 17.6 Å². The maximum absolute atomic E-state index is 12.9. The van der Waals surface area contributed by atoms with E-state index in [1.54, 1.807) is 28.9 Å². The lowest BCUT2D eigenvalue weighted by atomic mass is 10.0. The van der Waals surface area contributed by atoms with Gasteiger partial charge in [0.05, 0.1) is 23.0 Å². The lowest BCUT2D eigenvalue weighted by molar-refractivity contribution is 0.0699. The molecular weight excluding hydrogens is 459 g/mol. The number of carboxylic acid groups (broad SMARTS) is 1. The fraction of sp³-hybridized carbons (Fsp3) is 0.167. The summed E-state index contributed by atoms with van der Waals surface area (Å²) in [4.78, 5) is 11.1. The molecular formula is C24H25FN4O4S. The van der Waals surface area contributed by atoms with Crippen LogP contribution in [0.3, 0.4) is 0 Å². The van der Waals surface area contributed by atoms with Crippen LogP contribution in [0.15, 0.2) is 72.9 Å². The van der Waals surface area contributed by atoms with Crippen molar-refractivity contribution in [2.75, 3.05) is 0 Å².